The minimum absolute atomic E-state index is 0.333. The van der Waals surface area contributed by atoms with Crippen molar-refractivity contribution in [2.45, 2.75) is 26.3 Å². The Labute approximate surface area is 124 Å². The first-order valence-electron chi connectivity index (χ1n) is 7.11. The molecule has 0 radical (unpaired) electrons. The van der Waals surface area contributed by atoms with Gasteiger partial charge >= 0.3 is 0 Å². The van der Waals surface area contributed by atoms with Crippen molar-refractivity contribution in [3.8, 4) is 0 Å². The Bertz CT molecular complexity index is 681. The van der Waals surface area contributed by atoms with Crippen molar-refractivity contribution in [1.82, 2.24) is 0 Å². The average molecular weight is 281 g/mol. The van der Waals surface area contributed by atoms with Gasteiger partial charge in [-0.15, -0.1) is 11.3 Å². The first kappa shape index (κ1) is 13.2. The normalized spacial score (nSPS) is 12.5. The van der Waals surface area contributed by atoms with Crippen molar-refractivity contribution >= 4 is 27.1 Å². The van der Waals surface area contributed by atoms with Crippen LogP contribution in [0, 0.1) is 0 Å². The number of thiophene rings is 1. The van der Waals surface area contributed by atoms with Crippen molar-refractivity contribution < 1.29 is 0 Å². The van der Waals surface area contributed by atoms with Gasteiger partial charge in [0.15, 0.2) is 0 Å². The fraction of sp³-hybridized carbons (Fsp3) is 0.222. The lowest BCUT2D eigenvalue weighted by molar-refractivity contribution is 0.902. The molecule has 1 atom stereocenters. The molecule has 1 nitrogen and oxygen atoms in total. The molecule has 1 aromatic heterocycles. The van der Waals surface area contributed by atoms with Crippen molar-refractivity contribution in [2.75, 3.05) is 5.32 Å². The lowest BCUT2D eigenvalue weighted by Crippen LogP contribution is -2.06. The van der Waals surface area contributed by atoms with Crippen LogP contribution in [0.4, 0.5) is 5.69 Å². The highest BCUT2D eigenvalue weighted by Gasteiger charge is 2.10. The Morgan fingerprint density at radius 2 is 1.80 bits per heavy atom. The number of hydrogen-bond acceptors (Lipinski definition) is 2. The van der Waals surface area contributed by atoms with Crippen LogP contribution in [0.3, 0.4) is 0 Å². The van der Waals surface area contributed by atoms with Crippen LogP contribution in [0.25, 0.3) is 10.1 Å². The second kappa shape index (κ2) is 5.68. The number of hydrogen-bond donors (Lipinski definition) is 1. The number of rotatable bonds is 4. The number of para-hydroxylation sites is 1. The van der Waals surface area contributed by atoms with Crippen LogP contribution >= 0.6 is 11.3 Å². The van der Waals surface area contributed by atoms with Crippen molar-refractivity contribution in [2.24, 2.45) is 0 Å². The van der Waals surface area contributed by atoms with E-state index in [1.54, 1.807) is 0 Å². The lowest BCUT2D eigenvalue weighted by Gasteiger charge is -2.16. The zero-order valence-corrected chi connectivity index (χ0v) is 12.7. The number of aryl methyl sites for hydroxylation is 1. The van der Waals surface area contributed by atoms with Gasteiger partial charge in [0.05, 0.1) is 6.04 Å². The van der Waals surface area contributed by atoms with Crippen LogP contribution in [0.2, 0.25) is 0 Å². The van der Waals surface area contributed by atoms with Crippen LogP contribution < -0.4 is 5.32 Å². The number of fused-ring (bicyclic) bond motifs is 1. The summed E-state index contributed by atoms with van der Waals surface area (Å²) in [6.45, 7) is 4.43. The van der Waals surface area contributed by atoms with E-state index in [4.69, 9.17) is 0 Å². The van der Waals surface area contributed by atoms with E-state index in [9.17, 15) is 0 Å². The predicted molar refractivity (Wildman–Crippen MR) is 89.7 cm³/mol. The van der Waals surface area contributed by atoms with Gasteiger partial charge in [-0.1, -0.05) is 43.3 Å². The Hall–Kier alpha value is -1.80. The van der Waals surface area contributed by atoms with Gasteiger partial charge < -0.3 is 5.32 Å². The van der Waals surface area contributed by atoms with E-state index in [0.29, 0.717) is 6.04 Å². The summed E-state index contributed by atoms with van der Waals surface area (Å²) in [5.74, 6) is 0. The molecule has 0 saturated carbocycles. The maximum atomic E-state index is 3.65. The van der Waals surface area contributed by atoms with Crippen molar-refractivity contribution in [3.05, 3.63) is 65.0 Å². The first-order chi connectivity index (χ1) is 9.78. The lowest BCUT2D eigenvalue weighted by atomic mass is 10.1. The third-order valence-electron chi connectivity index (χ3n) is 3.64. The summed E-state index contributed by atoms with van der Waals surface area (Å²) >= 11 is 1.88. The van der Waals surface area contributed by atoms with Gasteiger partial charge in [0, 0.05) is 15.3 Å². The quantitative estimate of drug-likeness (QED) is 0.653. The third kappa shape index (κ3) is 2.56. The Balaban J connectivity index is 1.87. The monoisotopic (exact) mass is 281 g/mol. The summed E-state index contributed by atoms with van der Waals surface area (Å²) in [6.07, 6.45) is 1.06. The maximum absolute atomic E-state index is 3.65. The largest absolute Gasteiger partial charge is 0.377 e. The fourth-order valence-corrected chi connectivity index (χ4v) is 3.56. The number of benzene rings is 2. The topological polar surface area (TPSA) is 12.0 Å². The second-order valence-electron chi connectivity index (χ2n) is 5.06. The van der Waals surface area contributed by atoms with Crippen LogP contribution in [0.5, 0.6) is 0 Å². The molecule has 0 aliphatic carbocycles. The van der Waals surface area contributed by atoms with E-state index in [1.165, 1.54) is 26.2 Å². The molecule has 0 saturated heterocycles. The summed E-state index contributed by atoms with van der Waals surface area (Å²) in [5, 5.41) is 4.99. The number of nitrogens with one attached hydrogen (secondary N) is 1. The Morgan fingerprint density at radius 1 is 1.05 bits per heavy atom. The summed E-state index contributed by atoms with van der Waals surface area (Å²) < 4.78 is 1.36. The highest BCUT2D eigenvalue weighted by molar-refractivity contribution is 7.19. The molecule has 3 rings (SSSR count). The minimum atomic E-state index is 0.333. The van der Waals surface area contributed by atoms with Crippen LogP contribution in [0.1, 0.15) is 30.3 Å². The van der Waals surface area contributed by atoms with Gasteiger partial charge in [0.25, 0.3) is 0 Å². The molecule has 1 heterocycles. The van der Waals surface area contributed by atoms with E-state index in [1.807, 2.05) is 11.3 Å². The van der Waals surface area contributed by atoms with Crippen LogP contribution in [0.15, 0.2) is 54.6 Å². The number of anilines is 1. The van der Waals surface area contributed by atoms with Crippen LogP contribution in [-0.4, -0.2) is 0 Å². The van der Waals surface area contributed by atoms with Gasteiger partial charge in [0.1, 0.15) is 0 Å². The molecular formula is C18H19NS. The minimum Gasteiger partial charge on any atom is -0.377 e. The molecule has 20 heavy (non-hydrogen) atoms. The molecule has 0 aliphatic heterocycles. The zero-order valence-electron chi connectivity index (χ0n) is 11.9. The summed E-state index contributed by atoms with van der Waals surface area (Å²) in [6, 6.07) is 19.8. The van der Waals surface area contributed by atoms with E-state index < -0.39 is 0 Å². The van der Waals surface area contributed by atoms with Crippen molar-refractivity contribution in [1.29, 1.82) is 0 Å². The van der Waals surface area contributed by atoms with E-state index in [0.717, 1.165) is 6.42 Å². The van der Waals surface area contributed by atoms with Crippen molar-refractivity contribution in [3.63, 3.8) is 0 Å². The maximum Gasteiger partial charge on any atom is 0.0579 e. The first-order valence-corrected chi connectivity index (χ1v) is 7.92. The Morgan fingerprint density at radius 3 is 2.60 bits per heavy atom. The molecule has 0 spiro atoms. The molecule has 2 heteroatoms. The molecule has 3 aromatic rings. The third-order valence-corrected chi connectivity index (χ3v) is 4.94. The van der Waals surface area contributed by atoms with Gasteiger partial charge in [-0.3, -0.25) is 0 Å². The SMILES string of the molecule is CCc1ccccc1NC(C)c1cc2ccccc2s1. The molecule has 0 amide bonds. The summed E-state index contributed by atoms with van der Waals surface area (Å²) in [4.78, 5) is 1.39. The molecule has 2 aromatic carbocycles. The highest BCUT2D eigenvalue weighted by atomic mass is 32.1. The Kier molecular flexibility index (Phi) is 3.75. The van der Waals surface area contributed by atoms with E-state index in [2.05, 4.69) is 73.8 Å². The molecule has 0 fully saturated rings. The average Bonchev–Trinajstić information content (AvgIpc) is 2.92. The zero-order chi connectivity index (χ0) is 13.9. The summed E-state index contributed by atoms with van der Waals surface area (Å²) in [5.41, 5.74) is 2.63. The van der Waals surface area contributed by atoms with Gasteiger partial charge in [-0.05, 0) is 42.5 Å². The molecule has 0 bridgehead atoms. The summed E-state index contributed by atoms with van der Waals surface area (Å²) in [7, 11) is 0. The van der Waals surface area contributed by atoms with E-state index >= 15 is 0 Å². The van der Waals surface area contributed by atoms with Gasteiger partial charge in [-0.2, -0.15) is 0 Å². The van der Waals surface area contributed by atoms with E-state index in [-0.39, 0.29) is 0 Å². The molecule has 1 N–H and O–H groups in total. The molecule has 102 valence electrons. The second-order valence-corrected chi connectivity index (χ2v) is 6.18. The van der Waals surface area contributed by atoms with Gasteiger partial charge in [0.2, 0.25) is 0 Å². The molecular weight excluding hydrogens is 262 g/mol. The smallest absolute Gasteiger partial charge is 0.0579 e. The molecule has 1 unspecified atom stereocenters. The van der Waals surface area contributed by atoms with Crippen LogP contribution in [-0.2, 0) is 6.42 Å². The molecule has 0 aliphatic rings. The highest BCUT2D eigenvalue weighted by Crippen LogP contribution is 2.32. The standard InChI is InChI=1S/C18H19NS/c1-3-14-8-4-6-10-16(14)19-13(2)18-12-15-9-5-7-11-17(15)20-18/h4-13,19H,3H2,1-2H3. The fourth-order valence-electron chi connectivity index (χ4n) is 2.49. The van der Waals surface area contributed by atoms with Gasteiger partial charge in [-0.25, -0.2) is 0 Å². The predicted octanol–water partition coefficient (Wildman–Crippen LogP) is 5.64.